The van der Waals surface area contributed by atoms with E-state index in [1.54, 1.807) is 12.6 Å². The molecule has 1 aliphatic carbocycles. The molecule has 2 fully saturated rings. The van der Waals surface area contributed by atoms with Gasteiger partial charge in [0.25, 0.3) is 0 Å². The molecule has 1 saturated heterocycles. The van der Waals surface area contributed by atoms with Crippen LogP contribution in [0, 0.1) is 0 Å². The summed E-state index contributed by atoms with van der Waals surface area (Å²) in [6.07, 6.45) is 7.79. The first-order valence-electron chi connectivity index (χ1n) is 15.0. The number of piperazine rings is 1. The fourth-order valence-electron chi connectivity index (χ4n) is 6.35. The molecule has 2 aliphatic rings. The number of carbonyl (C=O) groups is 1. The predicted molar refractivity (Wildman–Crippen MR) is 167 cm³/mol. The van der Waals surface area contributed by atoms with E-state index in [-0.39, 0.29) is 11.4 Å². The van der Waals surface area contributed by atoms with Gasteiger partial charge in [0.15, 0.2) is 5.82 Å². The van der Waals surface area contributed by atoms with Gasteiger partial charge in [-0.2, -0.15) is 5.10 Å². The maximum Gasteiger partial charge on any atom is 0.323 e. The first-order chi connectivity index (χ1) is 20.2. The van der Waals surface area contributed by atoms with Crippen molar-refractivity contribution in [1.29, 1.82) is 0 Å². The minimum absolute atomic E-state index is 0.131. The van der Waals surface area contributed by atoms with Gasteiger partial charge in [0.05, 0.1) is 5.69 Å². The van der Waals surface area contributed by atoms with E-state index in [0.717, 1.165) is 48.3 Å². The first kappa shape index (κ1) is 28.2. The molecule has 10 heteroatoms. The summed E-state index contributed by atoms with van der Waals surface area (Å²) in [6, 6.07) is 12.2. The van der Waals surface area contributed by atoms with Crippen LogP contribution in [-0.4, -0.2) is 69.7 Å². The number of hydrogen-bond donors (Lipinski definition) is 3. The third kappa shape index (κ3) is 5.87. The number of fused-ring (bicyclic) bond motifs is 1. The Hall–Kier alpha value is -3.89. The Balaban J connectivity index is 1.16. The van der Waals surface area contributed by atoms with Crippen LogP contribution < -0.4 is 16.4 Å². The van der Waals surface area contributed by atoms with Gasteiger partial charge in [-0.1, -0.05) is 32.9 Å². The Bertz CT molecular complexity index is 1530. The lowest BCUT2D eigenvalue weighted by Gasteiger charge is -2.41. The lowest BCUT2D eigenvalue weighted by Crippen LogP contribution is -2.49. The van der Waals surface area contributed by atoms with Crippen molar-refractivity contribution in [3.8, 4) is 11.1 Å². The van der Waals surface area contributed by atoms with Crippen LogP contribution in [0.3, 0.4) is 0 Å². The third-order valence-corrected chi connectivity index (χ3v) is 8.83. The van der Waals surface area contributed by atoms with E-state index in [9.17, 15) is 4.79 Å². The van der Waals surface area contributed by atoms with Crippen LogP contribution >= 0.6 is 0 Å². The average Bonchev–Trinajstić information content (AvgIpc) is 3.60. The molecule has 10 nitrogen and oxygen atoms in total. The second-order valence-corrected chi connectivity index (χ2v) is 12.8. The molecule has 1 saturated carbocycles. The molecule has 4 aromatic rings. The normalized spacial score (nSPS) is 20.6. The van der Waals surface area contributed by atoms with E-state index in [4.69, 9.17) is 10.2 Å². The molecule has 4 heterocycles. The van der Waals surface area contributed by atoms with Crippen LogP contribution in [-0.2, 0) is 5.41 Å². The molecule has 42 heavy (non-hydrogen) atoms. The molecule has 3 aromatic heterocycles. The van der Waals surface area contributed by atoms with Crippen LogP contribution in [0.4, 0.5) is 22.0 Å². The number of aromatic nitrogens is 3. The van der Waals surface area contributed by atoms with Crippen molar-refractivity contribution in [2.45, 2.75) is 63.8 Å². The Morgan fingerprint density at radius 2 is 1.67 bits per heavy atom. The molecule has 0 unspecified atom stereocenters. The number of urea groups is 1. The molecule has 0 bridgehead atoms. The number of rotatable bonds is 5. The summed E-state index contributed by atoms with van der Waals surface area (Å²) in [5, 5.41) is 10.4. The van der Waals surface area contributed by atoms with Gasteiger partial charge in [-0.25, -0.2) is 14.3 Å². The number of furan rings is 1. The summed E-state index contributed by atoms with van der Waals surface area (Å²) in [5.74, 6) is 1.71. The van der Waals surface area contributed by atoms with Crippen molar-refractivity contribution >= 4 is 28.7 Å². The van der Waals surface area contributed by atoms with Crippen LogP contribution in [0.15, 0.2) is 53.4 Å². The van der Waals surface area contributed by atoms with E-state index in [0.29, 0.717) is 29.2 Å². The summed E-state index contributed by atoms with van der Waals surface area (Å²) in [7, 11) is 2.21. The lowest BCUT2D eigenvalue weighted by molar-refractivity contribution is 0.0874. The van der Waals surface area contributed by atoms with Gasteiger partial charge in [-0.15, -0.1) is 0 Å². The fraction of sp³-hybridized carbons (Fsp3) is 0.469. The molecule has 1 aromatic carbocycles. The molecule has 0 radical (unpaired) electrons. The van der Waals surface area contributed by atoms with Crippen molar-refractivity contribution in [3.63, 3.8) is 0 Å². The summed E-state index contributed by atoms with van der Waals surface area (Å²) in [6.45, 7) is 10.8. The molecule has 4 N–H and O–H groups in total. The highest BCUT2D eigenvalue weighted by Gasteiger charge is 2.30. The van der Waals surface area contributed by atoms with Gasteiger partial charge in [0.1, 0.15) is 23.9 Å². The van der Waals surface area contributed by atoms with E-state index in [1.165, 1.54) is 31.6 Å². The minimum atomic E-state index is -0.328. The number of nitrogens with zero attached hydrogens (tertiary/aromatic N) is 5. The van der Waals surface area contributed by atoms with Gasteiger partial charge in [-0.05, 0) is 56.5 Å². The number of nitrogens with one attached hydrogen (secondary N) is 2. The highest BCUT2D eigenvalue weighted by Crippen LogP contribution is 2.40. The van der Waals surface area contributed by atoms with Crippen molar-refractivity contribution in [1.82, 2.24) is 24.4 Å². The maximum atomic E-state index is 12.6. The number of likely N-dealkylation sites (N-methyl/N-ethyl adjacent to an activating group) is 1. The van der Waals surface area contributed by atoms with Gasteiger partial charge < -0.3 is 25.7 Å². The highest BCUT2D eigenvalue weighted by atomic mass is 16.3. The standard InChI is InChI=1S/C32H42N8O2/c1-32(2,3)28-17-24(19-42-28)37-31(41)36-23-9-5-21(6-10-23)26-18-27(40-29(26)30(33)34-20-35-40)22-7-11-25(12-8-22)39-15-13-38(4)14-16-39/h5-6,9-10,17-20,22,25H,7-8,11-16H2,1-4H3,(H2,33,34,35)(H2,36,37,41). The molecule has 0 atom stereocenters. The number of carbonyl (C=O) groups excluding carboxylic acids is 1. The van der Waals surface area contributed by atoms with Crippen molar-refractivity contribution in [3.05, 3.63) is 60.4 Å². The number of benzene rings is 1. The average molecular weight is 571 g/mol. The van der Waals surface area contributed by atoms with Gasteiger partial charge >= 0.3 is 6.03 Å². The third-order valence-electron chi connectivity index (χ3n) is 8.83. The van der Waals surface area contributed by atoms with Crippen molar-refractivity contribution in [2.24, 2.45) is 0 Å². The molecular formula is C32H42N8O2. The smallest absolute Gasteiger partial charge is 0.323 e. The molecule has 6 rings (SSSR count). The van der Waals surface area contributed by atoms with Gasteiger partial charge in [-0.3, -0.25) is 4.90 Å². The predicted octanol–water partition coefficient (Wildman–Crippen LogP) is 5.79. The Labute approximate surface area is 247 Å². The lowest BCUT2D eigenvalue weighted by atomic mass is 9.83. The molecule has 2 amide bonds. The van der Waals surface area contributed by atoms with E-state index in [2.05, 4.69) is 64.4 Å². The SMILES string of the molecule is CN1CCN(C2CCC(c3cc(-c4ccc(NC(=O)Nc5coc(C(C)(C)C)c5)cc4)c4c(N)ncnn34)CC2)CC1. The van der Waals surface area contributed by atoms with E-state index in [1.807, 2.05) is 34.8 Å². The number of hydrogen-bond acceptors (Lipinski definition) is 7. The van der Waals surface area contributed by atoms with Crippen LogP contribution in [0.25, 0.3) is 16.6 Å². The highest BCUT2D eigenvalue weighted by molar-refractivity contribution is 6.00. The zero-order valence-electron chi connectivity index (χ0n) is 25.1. The number of nitrogen functional groups attached to an aromatic ring is 1. The Morgan fingerprint density at radius 3 is 2.33 bits per heavy atom. The fourth-order valence-corrected chi connectivity index (χ4v) is 6.35. The zero-order chi connectivity index (χ0) is 29.4. The van der Waals surface area contributed by atoms with Crippen LogP contribution in [0.5, 0.6) is 0 Å². The number of amides is 2. The summed E-state index contributed by atoms with van der Waals surface area (Å²) in [5.41, 5.74) is 11.6. The maximum absolute atomic E-state index is 12.6. The summed E-state index contributed by atoms with van der Waals surface area (Å²) in [4.78, 5) is 22.0. The van der Waals surface area contributed by atoms with Crippen LogP contribution in [0.2, 0.25) is 0 Å². The molecule has 222 valence electrons. The topological polar surface area (TPSA) is 117 Å². The minimum Gasteiger partial charge on any atom is -0.467 e. The molecule has 0 spiro atoms. The largest absolute Gasteiger partial charge is 0.467 e. The number of nitrogens with two attached hydrogens (primary N) is 1. The zero-order valence-corrected chi connectivity index (χ0v) is 25.1. The van der Waals surface area contributed by atoms with Gasteiger partial charge in [0, 0.05) is 66.6 Å². The monoisotopic (exact) mass is 570 g/mol. The Kier molecular flexibility index (Phi) is 7.67. The van der Waals surface area contributed by atoms with Crippen LogP contribution in [0.1, 0.15) is 63.8 Å². The summed E-state index contributed by atoms with van der Waals surface area (Å²) >= 11 is 0. The van der Waals surface area contributed by atoms with E-state index < -0.39 is 0 Å². The quantitative estimate of drug-likeness (QED) is 0.278. The molecule has 1 aliphatic heterocycles. The molecular weight excluding hydrogens is 528 g/mol. The second kappa shape index (κ2) is 11.4. The summed E-state index contributed by atoms with van der Waals surface area (Å²) < 4.78 is 7.60. The Morgan fingerprint density at radius 1 is 0.976 bits per heavy atom. The number of anilines is 3. The first-order valence-corrected chi connectivity index (χ1v) is 15.0. The van der Waals surface area contributed by atoms with Gasteiger partial charge in [0.2, 0.25) is 0 Å². The van der Waals surface area contributed by atoms with E-state index >= 15 is 0 Å². The van der Waals surface area contributed by atoms with Crippen molar-refractivity contribution in [2.75, 3.05) is 49.6 Å². The second-order valence-electron chi connectivity index (χ2n) is 12.8. The van der Waals surface area contributed by atoms with Crippen molar-refractivity contribution < 1.29 is 9.21 Å².